The van der Waals surface area contributed by atoms with E-state index in [1.165, 1.54) is 10.7 Å². The highest BCUT2D eigenvalue weighted by Crippen LogP contribution is 2.28. The van der Waals surface area contributed by atoms with Gasteiger partial charge in [0.25, 0.3) is 0 Å². The maximum Gasteiger partial charge on any atom is 0.148 e. The van der Waals surface area contributed by atoms with Crippen molar-refractivity contribution in [3.63, 3.8) is 0 Å². The maximum absolute atomic E-state index is 14.0. The summed E-state index contributed by atoms with van der Waals surface area (Å²) < 4.78 is 15.5. The third kappa shape index (κ3) is 2.64. The normalized spacial score (nSPS) is 10.8. The Balaban J connectivity index is 2.22. The fourth-order valence-corrected chi connectivity index (χ4v) is 2.40. The Bertz CT molecular complexity index is 769. The molecule has 0 unspecified atom stereocenters. The lowest BCUT2D eigenvalue weighted by Gasteiger charge is -2.08. The Morgan fingerprint density at radius 1 is 1.05 bits per heavy atom. The van der Waals surface area contributed by atoms with Crippen molar-refractivity contribution in [2.24, 2.45) is 0 Å². The summed E-state index contributed by atoms with van der Waals surface area (Å²) in [5.74, 6) is -0.189. The highest BCUT2D eigenvalue weighted by atomic mass is 35.5. The number of rotatable bonds is 3. The molecule has 0 N–H and O–H groups in total. The molecule has 0 radical (unpaired) electrons. The molecule has 0 saturated heterocycles. The summed E-state index contributed by atoms with van der Waals surface area (Å²) in [6, 6.07) is 13.6. The Hall–Kier alpha value is -1.91. The van der Waals surface area contributed by atoms with Crippen LogP contribution in [0.3, 0.4) is 0 Å². The van der Waals surface area contributed by atoms with Crippen molar-refractivity contribution in [2.45, 2.75) is 5.88 Å². The predicted molar refractivity (Wildman–Crippen MR) is 81.3 cm³/mol. The monoisotopic (exact) mass is 321 g/mol. The minimum Gasteiger partial charge on any atom is -0.210 e. The van der Waals surface area contributed by atoms with Crippen molar-refractivity contribution in [3.8, 4) is 16.9 Å². The minimum absolute atomic E-state index is 0.187. The molecule has 0 amide bonds. The van der Waals surface area contributed by atoms with Crippen LogP contribution < -0.4 is 0 Å². The molecule has 3 rings (SSSR count). The third-order valence-corrected chi connectivity index (χ3v) is 3.57. The molecular weight excluding hydrogens is 312 g/mol. The van der Waals surface area contributed by atoms with Crippen molar-refractivity contribution >= 4 is 23.2 Å². The molecule has 1 aromatic heterocycles. The topological polar surface area (TPSA) is 30.7 Å². The largest absolute Gasteiger partial charge is 0.210 e. The second-order valence-corrected chi connectivity index (χ2v) is 5.09. The van der Waals surface area contributed by atoms with Crippen LogP contribution in [0.1, 0.15) is 5.69 Å². The Morgan fingerprint density at radius 3 is 2.43 bits per heavy atom. The van der Waals surface area contributed by atoms with E-state index >= 15 is 0 Å². The highest BCUT2D eigenvalue weighted by Gasteiger charge is 2.17. The molecule has 0 bridgehead atoms. The first-order valence-corrected chi connectivity index (χ1v) is 7.13. The van der Waals surface area contributed by atoms with Crippen LogP contribution in [0, 0.1) is 5.82 Å². The van der Waals surface area contributed by atoms with Crippen LogP contribution in [0.4, 0.5) is 4.39 Å². The Kier molecular flexibility index (Phi) is 3.90. The van der Waals surface area contributed by atoms with Crippen LogP contribution in [0.25, 0.3) is 16.9 Å². The van der Waals surface area contributed by atoms with E-state index in [0.717, 1.165) is 5.56 Å². The average Bonchev–Trinajstić information content (AvgIpc) is 2.92. The fraction of sp³-hybridized carbons (Fsp3) is 0.0667. The second-order valence-electron chi connectivity index (χ2n) is 4.39. The van der Waals surface area contributed by atoms with Crippen molar-refractivity contribution in [1.29, 1.82) is 0 Å². The fourth-order valence-electron chi connectivity index (χ4n) is 2.09. The molecular formula is C15H10Cl2FN3. The van der Waals surface area contributed by atoms with Crippen LogP contribution in [-0.4, -0.2) is 15.0 Å². The third-order valence-electron chi connectivity index (χ3n) is 3.06. The van der Waals surface area contributed by atoms with Gasteiger partial charge in [-0.3, -0.25) is 0 Å². The SMILES string of the molecule is Fc1ccccc1-n1nnc(CCl)c1-c1ccc(Cl)cc1. The molecule has 0 aliphatic rings. The molecule has 0 fully saturated rings. The van der Waals surface area contributed by atoms with E-state index in [9.17, 15) is 4.39 Å². The molecule has 0 spiro atoms. The van der Waals surface area contributed by atoms with Crippen molar-refractivity contribution in [3.05, 3.63) is 65.1 Å². The van der Waals surface area contributed by atoms with Crippen molar-refractivity contribution < 1.29 is 4.39 Å². The lowest BCUT2D eigenvalue weighted by Crippen LogP contribution is -2.02. The summed E-state index contributed by atoms with van der Waals surface area (Å²) in [5.41, 5.74) is 2.39. The van der Waals surface area contributed by atoms with Crippen LogP contribution in [0.5, 0.6) is 0 Å². The average molecular weight is 322 g/mol. The summed E-state index contributed by atoms with van der Waals surface area (Å²) in [6.07, 6.45) is 0. The van der Waals surface area contributed by atoms with Crippen molar-refractivity contribution in [1.82, 2.24) is 15.0 Å². The smallest absolute Gasteiger partial charge is 0.148 e. The molecule has 3 nitrogen and oxygen atoms in total. The summed E-state index contributed by atoms with van der Waals surface area (Å²) in [6.45, 7) is 0. The Morgan fingerprint density at radius 2 is 1.76 bits per heavy atom. The lowest BCUT2D eigenvalue weighted by atomic mass is 10.1. The molecule has 0 saturated carbocycles. The molecule has 0 aliphatic heterocycles. The number of benzene rings is 2. The van der Waals surface area contributed by atoms with E-state index in [4.69, 9.17) is 23.2 Å². The van der Waals surface area contributed by atoms with Gasteiger partial charge in [-0.2, -0.15) is 0 Å². The van der Waals surface area contributed by atoms with E-state index in [0.29, 0.717) is 22.1 Å². The van der Waals surface area contributed by atoms with E-state index in [1.807, 2.05) is 12.1 Å². The number of aromatic nitrogens is 3. The maximum atomic E-state index is 14.0. The van der Waals surface area contributed by atoms with E-state index in [2.05, 4.69) is 10.3 Å². The van der Waals surface area contributed by atoms with Gasteiger partial charge in [-0.05, 0) is 24.3 Å². The number of hydrogen-bond acceptors (Lipinski definition) is 2. The molecule has 0 atom stereocenters. The lowest BCUT2D eigenvalue weighted by molar-refractivity contribution is 0.608. The number of hydrogen-bond donors (Lipinski definition) is 0. The molecule has 21 heavy (non-hydrogen) atoms. The minimum atomic E-state index is -0.376. The quantitative estimate of drug-likeness (QED) is 0.666. The van der Waals surface area contributed by atoms with Gasteiger partial charge in [0, 0.05) is 10.6 Å². The highest BCUT2D eigenvalue weighted by molar-refractivity contribution is 6.30. The van der Waals surface area contributed by atoms with Crippen molar-refractivity contribution in [2.75, 3.05) is 0 Å². The van der Waals surface area contributed by atoms with E-state index in [-0.39, 0.29) is 11.7 Å². The summed E-state index contributed by atoms with van der Waals surface area (Å²) in [5, 5.41) is 8.68. The van der Waals surface area contributed by atoms with Gasteiger partial charge in [-0.25, -0.2) is 9.07 Å². The molecule has 3 aromatic rings. The number of nitrogens with zero attached hydrogens (tertiary/aromatic N) is 3. The summed E-state index contributed by atoms with van der Waals surface area (Å²) >= 11 is 11.8. The number of alkyl halides is 1. The van der Waals surface area contributed by atoms with Gasteiger partial charge in [-0.15, -0.1) is 16.7 Å². The van der Waals surface area contributed by atoms with E-state index < -0.39 is 0 Å². The zero-order valence-electron chi connectivity index (χ0n) is 10.8. The predicted octanol–water partition coefficient (Wildman–Crippen LogP) is 4.47. The molecule has 2 aromatic carbocycles. The molecule has 1 heterocycles. The van der Waals surface area contributed by atoms with Gasteiger partial charge in [-0.1, -0.05) is 41.1 Å². The summed E-state index contributed by atoms with van der Waals surface area (Å²) in [7, 11) is 0. The van der Waals surface area contributed by atoms with Crippen LogP contribution >= 0.6 is 23.2 Å². The van der Waals surface area contributed by atoms with Gasteiger partial charge in [0.05, 0.1) is 11.6 Å². The summed E-state index contributed by atoms with van der Waals surface area (Å²) in [4.78, 5) is 0. The first kappa shape index (κ1) is 14.0. The standard InChI is InChI=1S/C15H10Cl2FN3/c16-9-13-15(10-5-7-11(17)8-6-10)21(20-19-13)14-4-2-1-3-12(14)18/h1-8H,9H2. The molecule has 106 valence electrons. The second kappa shape index (κ2) is 5.84. The molecule has 0 aliphatic carbocycles. The number of halogens is 3. The van der Waals surface area contributed by atoms with Gasteiger partial charge in [0.15, 0.2) is 0 Å². The first-order chi connectivity index (χ1) is 10.2. The van der Waals surface area contributed by atoms with Crippen LogP contribution in [0.15, 0.2) is 48.5 Å². The van der Waals surface area contributed by atoms with Gasteiger partial charge in [0.1, 0.15) is 17.2 Å². The van der Waals surface area contributed by atoms with E-state index in [1.54, 1.807) is 30.3 Å². The zero-order chi connectivity index (χ0) is 14.8. The van der Waals surface area contributed by atoms with Gasteiger partial charge >= 0.3 is 0 Å². The van der Waals surface area contributed by atoms with Gasteiger partial charge < -0.3 is 0 Å². The first-order valence-electron chi connectivity index (χ1n) is 6.22. The zero-order valence-corrected chi connectivity index (χ0v) is 12.3. The van der Waals surface area contributed by atoms with Crippen LogP contribution in [0.2, 0.25) is 5.02 Å². The number of para-hydroxylation sites is 1. The van der Waals surface area contributed by atoms with Crippen LogP contribution in [-0.2, 0) is 5.88 Å². The Labute approximate surface area is 130 Å². The molecule has 6 heteroatoms. The van der Waals surface area contributed by atoms with Gasteiger partial charge in [0.2, 0.25) is 0 Å².